The molecule has 1 aliphatic rings. The quantitative estimate of drug-likeness (QED) is 0.441. The smallest absolute Gasteiger partial charge is 0.232 e. The van der Waals surface area contributed by atoms with Gasteiger partial charge in [0.05, 0.1) is 5.92 Å². The second-order valence-electron chi connectivity index (χ2n) is 8.38. The Kier molecular flexibility index (Phi) is 4.80. The van der Waals surface area contributed by atoms with Gasteiger partial charge in [0.2, 0.25) is 5.91 Å². The molecule has 0 radical (unpaired) electrons. The van der Waals surface area contributed by atoms with Gasteiger partial charge >= 0.3 is 0 Å². The molecule has 168 valence electrons. The molecule has 6 rings (SSSR count). The van der Waals surface area contributed by atoms with E-state index in [1.807, 2.05) is 72.2 Å². The van der Waals surface area contributed by atoms with Crippen LogP contribution in [0.5, 0.6) is 0 Å². The molecule has 34 heavy (non-hydrogen) atoms. The molecule has 1 aliphatic heterocycles. The normalized spacial score (nSPS) is 13.7. The van der Waals surface area contributed by atoms with E-state index in [1.165, 1.54) is 6.33 Å². The van der Waals surface area contributed by atoms with Gasteiger partial charge in [-0.2, -0.15) is 5.10 Å². The molecular weight excluding hydrogens is 428 g/mol. The summed E-state index contributed by atoms with van der Waals surface area (Å²) in [7, 11) is 0. The predicted molar refractivity (Wildman–Crippen MR) is 129 cm³/mol. The number of nitrogens with one attached hydrogen (secondary N) is 1. The fraction of sp³-hybridized carbons (Fsp3) is 0.160. The topological polar surface area (TPSA) is 93.2 Å². The molecular formula is C25H22N8O. The van der Waals surface area contributed by atoms with Crippen LogP contribution in [0.3, 0.4) is 0 Å². The zero-order valence-corrected chi connectivity index (χ0v) is 18.5. The molecule has 9 heteroatoms. The summed E-state index contributed by atoms with van der Waals surface area (Å²) in [5, 5.41) is 7.36. The van der Waals surface area contributed by atoms with E-state index >= 15 is 0 Å². The van der Waals surface area contributed by atoms with Crippen LogP contribution in [0.2, 0.25) is 0 Å². The molecule has 0 saturated carbocycles. The highest BCUT2D eigenvalue weighted by atomic mass is 16.2. The number of pyridine rings is 1. The maximum atomic E-state index is 13.2. The van der Waals surface area contributed by atoms with Crippen molar-refractivity contribution in [2.45, 2.75) is 6.92 Å². The van der Waals surface area contributed by atoms with Gasteiger partial charge in [-0.3, -0.25) is 9.20 Å². The van der Waals surface area contributed by atoms with Gasteiger partial charge in [0.25, 0.3) is 0 Å². The number of aryl methyl sites for hydroxylation is 1. The number of anilines is 2. The van der Waals surface area contributed by atoms with Crippen molar-refractivity contribution >= 4 is 23.2 Å². The number of carbonyl (C=O) groups excluding carboxylic acids is 1. The van der Waals surface area contributed by atoms with Crippen molar-refractivity contribution in [1.82, 2.24) is 29.1 Å². The number of hydrogen-bond donors (Lipinski definition) is 1. The molecule has 0 bridgehead atoms. The molecule has 5 aromatic rings. The van der Waals surface area contributed by atoms with Crippen molar-refractivity contribution in [3.63, 3.8) is 0 Å². The molecule has 0 unspecified atom stereocenters. The number of imidazole rings is 1. The first kappa shape index (κ1) is 20.1. The molecule has 1 saturated heterocycles. The van der Waals surface area contributed by atoms with Crippen LogP contribution in [0.15, 0.2) is 79.5 Å². The third-order valence-electron chi connectivity index (χ3n) is 6.02. The number of rotatable bonds is 5. The third kappa shape index (κ3) is 3.57. The number of aromatic nitrogens is 6. The number of amides is 1. The van der Waals surface area contributed by atoms with Crippen LogP contribution < -0.4 is 10.2 Å². The summed E-state index contributed by atoms with van der Waals surface area (Å²) >= 11 is 0. The highest BCUT2D eigenvalue weighted by molar-refractivity contribution is 5.97. The highest BCUT2D eigenvalue weighted by Crippen LogP contribution is 2.31. The summed E-state index contributed by atoms with van der Waals surface area (Å²) in [5.74, 6) is 1.98. The Balaban J connectivity index is 1.22. The van der Waals surface area contributed by atoms with Gasteiger partial charge in [-0.15, -0.1) is 0 Å². The zero-order valence-electron chi connectivity index (χ0n) is 18.5. The molecule has 1 amide bonds. The van der Waals surface area contributed by atoms with Crippen molar-refractivity contribution in [3.8, 4) is 17.1 Å². The minimum atomic E-state index is -0.150. The Morgan fingerprint density at radius 3 is 2.71 bits per heavy atom. The summed E-state index contributed by atoms with van der Waals surface area (Å²) in [5.41, 5.74) is 3.66. The van der Waals surface area contributed by atoms with Crippen molar-refractivity contribution in [2.75, 3.05) is 23.3 Å². The van der Waals surface area contributed by atoms with Gasteiger partial charge in [-0.25, -0.2) is 19.6 Å². The Labute approximate surface area is 195 Å². The Morgan fingerprint density at radius 1 is 1.00 bits per heavy atom. The zero-order chi connectivity index (χ0) is 23.1. The summed E-state index contributed by atoms with van der Waals surface area (Å²) in [6.45, 7) is 3.21. The van der Waals surface area contributed by atoms with Crippen LogP contribution in [0.25, 0.3) is 22.7 Å². The Bertz CT molecular complexity index is 1480. The molecule has 1 aromatic carbocycles. The SMILES string of the molecule is Cc1cccc(-c2nc3ccccn3c2NC(=O)C2CN(c3cc(-n4cccn4)ncn3)C2)c1. The maximum Gasteiger partial charge on any atom is 0.232 e. The van der Waals surface area contributed by atoms with Crippen LogP contribution in [0, 0.1) is 12.8 Å². The first-order valence-electron chi connectivity index (χ1n) is 11.1. The molecule has 1 fully saturated rings. The predicted octanol–water partition coefficient (Wildman–Crippen LogP) is 3.36. The highest BCUT2D eigenvalue weighted by Gasteiger charge is 2.34. The lowest BCUT2D eigenvalue weighted by atomic mass is 9.99. The van der Waals surface area contributed by atoms with Crippen LogP contribution in [-0.2, 0) is 4.79 Å². The fourth-order valence-electron chi connectivity index (χ4n) is 4.20. The van der Waals surface area contributed by atoms with E-state index in [2.05, 4.69) is 31.3 Å². The fourth-order valence-corrected chi connectivity index (χ4v) is 4.20. The maximum absolute atomic E-state index is 13.2. The van der Waals surface area contributed by atoms with Gasteiger partial charge < -0.3 is 10.2 Å². The number of hydrogen-bond acceptors (Lipinski definition) is 6. The van der Waals surface area contributed by atoms with Gasteiger partial charge in [-0.1, -0.05) is 29.8 Å². The molecule has 0 aliphatic carbocycles. The van der Waals surface area contributed by atoms with Crippen LogP contribution in [0.4, 0.5) is 11.6 Å². The molecule has 0 atom stereocenters. The summed E-state index contributed by atoms with van der Waals surface area (Å²) in [6, 6.07) is 17.7. The lowest BCUT2D eigenvalue weighted by Crippen LogP contribution is -2.52. The number of nitrogens with zero attached hydrogens (tertiary/aromatic N) is 7. The van der Waals surface area contributed by atoms with Gasteiger partial charge in [0.1, 0.15) is 29.3 Å². The molecule has 4 aromatic heterocycles. The van der Waals surface area contributed by atoms with Gasteiger partial charge in [0, 0.05) is 43.3 Å². The first-order chi connectivity index (χ1) is 16.7. The molecule has 0 spiro atoms. The first-order valence-corrected chi connectivity index (χ1v) is 11.1. The average Bonchev–Trinajstić information content (AvgIpc) is 3.47. The van der Waals surface area contributed by atoms with Crippen LogP contribution in [0.1, 0.15) is 5.56 Å². The number of fused-ring (bicyclic) bond motifs is 1. The second kappa shape index (κ2) is 8.11. The largest absolute Gasteiger partial charge is 0.355 e. The lowest BCUT2D eigenvalue weighted by Gasteiger charge is -2.39. The van der Waals surface area contributed by atoms with Crippen molar-refractivity contribution < 1.29 is 4.79 Å². The van der Waals surface area contributed by atoms with E-state index in [0.29, 0.717) is 24.7 Å². The van der Waals surface area contributed by atoms with E-state index < -0.39 is 0 Å². The average molecular weight is 451 g/mol. The van der Waals surface area contributed by atoms with Crippen LogP contribution in [-0.4, -0.2) is 48.1 Å². The molecule has 1 N–H and O–H groups in total. The van der Waals surface area contributed by atoms with Gasteiger partial charge in [-0.05, 0) is 31.2 Å². The van der Waals surface area contributed by atoms with E-state index in [-0.39, 0.29) is 11.8 Å². The lowest BCUT2D eigenvalue weighted by molar-refractivity contribution is -0.120. The van der Waals surface area contributed by atoms with E-state index in [4.69, 9.17) is 4.98 Å². The summed E-state index contributed by atoms with van der Waals surface area (Å²) in [6.07, 6.45) is 6.98. The van der Waals surface area contributed by atoms with Crippen molar-refractivity contribution in [2.24, 2.45) is 5.92 Å². The van der Waals surface area contributed by atoms with E-state index in [0.717, 1.165) is 28.3 Å². The number of carbonyl (C=O) groups is 1. The Hall–Kier alpha value is -4.53. The minimum absolute atomic E-state index is 0.0304. The minimum Gasteiger partial charge on any atom is -0.355 e. The second-order valence-corrected chi connectivity index (χ2v) is 8.38. The van der Waals surface area contributed by atoms with Gasteiger partial charge in [0.15, 0.2) is 5.82 Å². The summed E-state index contributed by atoms with van der Waals surface area (Å²) < 4.78 is 3.61. The number of benzene rings is 1. The molecule has 9 nitrogen and oxygen atoms in total. The van der Waals surface area contributed by atoms with Crippen molar-refractivity contribution in [3.05, 3.63) is 85.1 Å². The standard InChI is InChI=1S/C25H22N8O/c1-17-6-4-7-18(12-17)23-24(32-10-3-2-8-20(32)29-23)30-25(34)19-14-31(15-19)21-13-22(27-16-26-21)33-11-5-9-28-33/h2-13,16,19H,14-15H2,1H3,(H,30,34). The van der Waals surface area contributed by atoms with Crippen LogP contribution >= 0.6 is 0 Å². The third-order valence-corrected chi connectivity index (χ3v) is 6.02. The Morgan fingerprint density at radius 2 is 1.88 bits per heavy atom. The van der Waals surface area contributed by atoms with E-state index in [9.17, 15) is 4.79 Å². The molecule has 5 heterocycles. The van der Waals surface area contributed by atoms with E-state index in [1.54, 1.807) is 10.9 Å². The monoisotopic (exact) mass is 450 g/mol. The van der Waals surface area contributed by atoms with Crippen molar-refractivity contribution in [1.29, 1.82) is 0 Å². The summed E-state index contributed by atoms with van der Waals surface area (Å²) in [4.78, 5) is 28.7.